The Hall–Kier alpha value is -0.730. The van der Waals surface area contributed by atoms with Crippen molar-refractivity contribution in [1.82, 2.24) is 15.0 Å². The lowest BCUT2D eigenvalue weighted by atomic mass is 10.4. The number of nitrogens with two attached hydrogens (primary N) is 2. The summed E-state index contributed by atoms with van der Waals surface area (Å²) in [5.41, 5.74) is 10.9. The number of thioether (sulfide) groups is 1. The fraction of sp³-hybridized carbons (Fsp3) is 0.667. The second-order valence-corrected chi connectivity index (χ2v) is 4.84. The van der Waals surface area contributed by atoms with E-state index in [4.69, 9.17) is 16.2 Å². The number of aromatic nitrogens is 3. The van der Waals surface area contributed by atoms with Crippen LogP contribution in [0.2, 0.25) is 0 Å². The van der Waals surface area contributed by atoms with Gasteiger partial charge in [-0.05, 0) is 0 Å². The van der Waals surface area contributed by atoms with Crippen LogP contribution in [0.3, 0.4) is 0 Å². The fourth-order valence-electron chi connectivity index (χ4n) is 1.12. The minimum Gasteiger partial charge on any atom is -0.380 e. The van der Waals surface area contributed by atoms with Crippen LogP contribution in [0.25, 0.3) is 0 Å². The van der Waals surface area contributed by atoms with E-state index >= 15 is 0 Å². The van der Waals surface area contributed by atoms with Crippen molar-refractivity contribution in [3.8, 4) is 0 Å². The summed E-state index contributed by atoms with van der Waals surface area (Å²) in [6.07, 6.45) is 0.730. The van der Waals surface area contributed by atoms with Gasteiger partial charge in [-0.25, -0.2) is 0 Å². The van der Waals surface area contributed by atoms with Gasteiger partial charge in [-0.1, -0.05) is 0 Å². The van der Waals surface area contributed by atoms with Crippen LogP contribution >= 0.6 is 24.4 Å². The highest BCUT2D eigenvalue weighted by Crippen LogP contribution is 2.05. The molecule has 0 unspecified atom stereocenters. The van der Waals surface area contributed by atoms with Crippen molar-refractivity contribution < 1.29 is 4.74 Å². The van der Waals surface area contributed by atoms with Crippen molar-refractivity contribution in [2.24, 2.45) is 0 Å². The summed E-state index contributed by atoms with van der Waals surface area (Å²) < 4.78 is 5.29. The first kappa shape index (κ1) is 14.3. The summed E-state index contributed by atoms with van der Waals surface area (Å²) in [7, 11) is 0. The van der Waals surface area contributed by atoms with Crippen molar-refractivity contribution in [1.29, 1.82) is 0 Å². The van der Waals surface area contributed by atoms with Gasteiger partial charge in [-0.15, -0.1) is 0 Å². The molecule has 0 bridgehead atoms. The average Bonchev–Trinajstić information content (AvgIpc) is 2.26. The lowest BCUT2D eigenvalue weighted by molar-refractivity contribution is 0.167. The maximum absolute atomic E-state index is 5.47. The first-order valence-corrected chi connectivity index (χ1v) is 7.03. The molecule has 0 saturated heterocycles. The van der Waals surface area contributed by atoms with Crippen LogP contribution in [0.4, 0.5) is 11.9 Å². The van der Waals surface area contributed by atoms with Crippen LogP contribution in [0.15, 0.2) is 0 Å². The van der Waals surface area contributed by atoms with E-state index in [1.165, 1.54) is 0 Å². The molecule has 1 aromatic heterocycles. The van der Waals surface area contributed by atoms with Gasteiger partial charge in [-0.3, -0.25) is 0 Å². The number of aryl methyl sites for hydroxylation is 1. The Morgan fingerprint density at radius 2 is 1.76 bits per heavy atom. The predicted molar refractivity (Wildman–Crippen MR) is 74.4 cm³/mol. The van der Waals surface area contributed by atoms with Crippen LogP contribution in [-0.2, 0) is 11.2 Å². The normalized spacial score (nSPS) is 10.6. The molecule has 0 fully saturated rings. The van der Waals surface area contributed by atoms with E-state index in [1.54, 1.807) is 11.8 Å². The SMILES string of the molecule is Nc1nc(N)nc(CCSCCOCCS)n1. The molecule has 0 aliphatic carbocycles. The maximum atomic E-state index is 5.47. The molecule has 4 N–H and O–H groups in total. The largest absolute Gasteiger partial charge is 0.380 e. The zero-order chi connectivity index (χ0) is 12.5. The number of anilines is 2. The Bertz CT molecular complexity index is 319. The molecule has 0 saturated carbocycles. The molecule has 0 amide bonds. The van der Waals surface area contributed by atoms with Crippen molar-refractivity contribution in [2.75, 3.05) is 41.9 Å². The van der Waals surface area contributed by atoms with Crippen LogP contribution < -0.4 is 11.5 Å². The summed E-state index contributed by atoms with van der Waals surface area (Å²) in [5, 5.41) is 0. The van der Waals surface area contributed by atoms with Crippen molar-refractivity contribution in [3.05, 3.63) is 5.82 Å². The molecule has 0 aromatic carbocycles. The molecule has 8 heteroatoms. The van der Waals surface area contributed by atoms with Gasteiger partial charge in [0.05, 0.1) is 13.2 Å². The average molecular weight is 275 g/mol. The number of nitrogens with zero attached hydrogens (tertiary/aromatic N) is 3. The molecular formula is C9H17N5OS2. The van der Waals surface area contributed by atoms with Crippen LogP contribution in [0, 0.1) is 0 Å². The molecule has 0 atom stereocenters. The zero-order valence-corrected chi connectivity index (χ0v) is 11.2. The van der Waals surface area contributed by atoms with Crippen LogP contribution in [0.5, 0.6) is 0 Å². The third-order valence-corrected chi connectivity index (χ3v) is 2.92. The van der Waals surface area contributed by atoms with E-state index in [1.807, 2.05) is 0 Å². The highest BCUT2D eigenvalue weighted by atomic mass is 32.2. The molecule has 0 aliphatic heterocycles. The molecule has 1 aromatic rings. The number of hydrogen-bond donors (Lipinski definition) is 3. The van der Waals surface area contributed by atoms with E-state index in [9.17, 15) is 0 Å². The van der Waals surface area contributed by atoms with Gasteiger partial charge < -0.3 is 16.2 Å². The topological polar surface area (TPSA) is 99.9 Å². The highest BCUT2D eigenvalue weighted by molar-refractivity contribution is 7.99. The Morgan fingerprint density at radius 1 is 1.06 bits per heavy atom. The van der Waals surface area contributed by atoms with E-state index in [0.29, 0.717) is 12.4 Å². The summed E-state index contributed by atoms with van der Waals surface area (Å²) >= 11 is 5.83. The van der Waals surface area contributed by atoms with E-state index in [2.05, 4.69) is 27.6 Å². The summed E-state index contributed by atoms with van der Waals surface area (Å²) in [6.45, 7) is 1.44. The number of hydrogen-bond acceptors (Lipinski definition) is 8. The maximum Gasteiger partial charge on any atom is 0.225 e. The van der Waals surface area contributed by atoms with Gasteiger partial charge in [0.1, 0.15) is 5.82 Å². The standard InChI is InChI=1S/C9H17N5OS2/c10-8-12-7(13-9(11)14-8)1-5-17-6-3-15-2-4-16/h16H,1-6H2,(H4,10,11,12,13,14). The molecule has 1 rings (SSSR count). The van der Waals surface area contributed by atoms with Crippen molar-refractivity contribution in [3.63, 3.8) is 0 Å². The minimum absolute atomic E-state index is 0.176. The van der Waals surface area contributed by atoms with Gasteiger partial charge >= 0.3 is 0 Å². The summed E-state index contributed by atoms with van der Waals surface area (Å²) in [5.74, 6) is 3.60. The van der Waals surface area contributed by atoms with Gasteiger partial charge in [0.15, 0.2) is 0 Å². The van der Waals surface area contributed by atoms with E-state index in [-0.39, 0.29) is 11.9 Å². The molecule has 6 nitrogen and oxygen atoms in total. The van der Waals surface area contributed by atoms with Gasteiger partial charge in [0.25, 0.3) is 0 Å². The molecule has 0 spiro atoms. The number of thiol groups is 1. The molecular weight excluding hydrogens is 258 g/mol. The second-order valence-electron chi connectivity index (χ2n) is 3.17. The Labute approximate surface area is 110 Å². The Balaban J connectivity index is 2.13. The number of ether oxygens (including phenoxy) is 1. The van der Waals surface area contributed by atoms with Gasteiger partial charge in [0, 0.05) is 23.7 Å². The van der Waals surface area contributed by atoms with Crippen LogP contribution in [0.1, 0.15) is 5.82 Å². The lowest BCUT2D eigenvalue weighted by Gasteiger charge is -2.03. The highest BCUT2D eigenvalue weighted by Gasteiger charge is 2.01. The molecule has 17 heavy (non-hydrogen) atoms. The summed E-state index contributed by atoms with van der Waals surface area (Å²) in [4.78, 5) is 11.7. The monoisotopic (exact) mass is 275 g/mol. The number of rotatable bonds is 8. The molecule has 1 heterocycles. The molecule has 0 radical (unpaired) electrons. The molecule has 0 aliphatic rings. The van der Waals surface area contributed by atoms with Gasteiger partial charge in [-0.2, -0.15) is 39.3 Å². The Kier molecular flexibility index (Phi) is 7.06. The fourth-order valence-corrected chi connectivity index (χ4v) is 2.01. The molecule has 96 valence electrons. The predicted octanol–water partition coefficient (Wildman–Crippen LogP) is 0.258. The first-order chi connectivity index (χ1) is 8.22. The van der Waals surface area contributed by atoms with Crippen LogP contribution in [-0.4, -0.2) is 45.4 Å². The smallest absolute Gasteiger partial charge is 0.225 e. The van der Waals surface area contributed by atoms with E-state index in [0.717, 1.165) is 30.3 Å². The second kappa shape index (κ2) is 8.37. The Morgan fingerprint density at radius 3 is 2.41 bits per heavy atom. The van der Waals surface area contributed by atoms with Gasteiger partial charge in [0.2, 0.25) is 11.9 Å². The lowest BCUT2D eigenvalue weighted by Crippen LogP contribution is -2.08. The van der Waals surface area contributed by atoms with E-state index < -0.39 is 0 Å². The third-order valence-electron chi connectivity index (χ3n) is 1.79. The summed E-state index contributed by atoms with van der Waals surface area (Å²) in [6, 6.07) is 0. The number of nitrogen functional groups attached to an aromatic ring is 2. The minimum atomic E-state index is 0.176. The zero-order valence-electron chi connectivity index (χ0n) is 9.50. The third kappa shape index (κ3) is 6.54. The van der Waals surface area contributed by atoms with Crippen molar-refractivity contribution in [2.45, 2.75) is 6.42 Å². The first-order valence-electron chi connectivity index (χ1n) is 5.24. The quantitative estimate of drug-likeness (QED) is 0.462. The van der Waals surface area contributed by atoms with Crippen molar-refractivity contribution >= 4 is 36.3 Å².